The number of rotatable bonds is 4. The Kier molecular flexibility index (Phi) is 3.97. The molecule has 4 heteroatoms. The average molecular weight is 248 g/mol. The molecule has 96 valence electrons. The van der Waals surface area contributed by atoms with E-state index in [4.69, 9.17) is 9.47 Å². The molecular weight excluding hydrogens is 232 g/mol. The summed E-state index contributed by atoms with van der Waals surface area (Å²) >= 11 is 0. The zero-order valence-corrected chi connectivity index (χ0v) is 10.3. The monoisotopic (exact) mass is 248 g/mol. The molecule has 1 aromatic carbocycles. The lowest BCUT2D eigenvalue weighted by atomic mass is 9.86. The lowest BCUT2D eigenvalue weighted by Crippen LogP contribution is -2.26. The van der Waals surface area contributed by atoms with Crippen LogP contribution >= 0.6 is 0 Å². The Labute approximate surface area is 106 Å². The number of hydrogen-bond donors (Lipinski definition) is 0. The molecule has 1 aromatic rings. The van der Waals surface area contributed by atoms with E-state index >= 15 is 0 Å². The molecule has 4 nitrogen and oxygen atoms in total. The van der Waals surface area contributed by atoms with Crippen LogP contribution in [0.5, 0.6) is 5.75 Å². The molecule has 0 saturated heterocycles. The van der Waals surface area contributed by atoms with Crippen molar-refractivity contribution < 1.29 is 19.1 Å². The van der Waals surface area contributed by atoms with E-state index in [0.717, 1.165) is 19.3 Å². The van der Waals surface area contributed by atoms with Crippen molar-refractivity contribution in [1.82, 2.24) is 0 Å². The van der Waals surface area contributed by atoms with Gasteiger partial charge in [0.05, 0.1) is 18.1 Å². The molecule has 18 heavy (non-hydrogen) atoms. The second-order valence-electron chi connectivity index (χ2n) is 4.30. The maximum atomic E-state index is 11.7. The summed E-state index contributed by atoms with van der Waals surface area (Å²) in [5.74, 6) is -0.185. The molecule has 1 aliphatic rings. The Hall–Kier alpha value is -1.84. The minimum Gasteiger partial charge on any atom is -0.462 e. The van der Waals surface area contributed by atoms with E-state index in [1.165, 1.54) is 6.07 Å². The maximum absolute atomic E-state index is 11.7. The van der Waals surface area contributed by atoms with Crippen molar-refractivity contribution in [3.63, 3.8) is 0 Å². The normalized spacial score (nSPS) is 14.7. The van der Waals surface area contributed by atoms with Gasteiger partial charge in [-0.3, -0.25) is 4.79 Å². The van der Waals surface area contributed by atoms with Crippen molar-refractivity contribution in [2.24, 2.45) is 5.92 Å². The van der Waals surface area contributed by atoms with Crippen molar-refractivity contribution in [3.8, 4) is 5.75 Å². The highest BCUT2D eigenvalue weighted by molar-refractivity contribution is 5.90. The number of ether oxygens (including phenoxy) is 2. The third-order valence-electron chi connectivity index (χ3n) is 3.00. The molecule has 0 bridgehead atoms. The van der Waals surface area contributed by atoms with Gasteiger partial charge < -0.3 is 9.47 Å². The van der Waals surface area contributed by atoms with E-state index < -0.39 is 5.97 Å². The quantitative estimate of drug-likeness (QED) is 0.607. The summed E-state index contributed by atoms with van der Waals surface area (Å²) in [6.07, 6.45) is 2.88. The van der Waals surface area contributed by atoms with E-state index in [1.807, 2.05) is 0 Å². The van der Waals surface area contributed by atoms with Crippen LogP contribution in [-0.2, 0) is 9.53 Å². The molecule has 2 rings (SSSR count). The van der Waals surface area contributed by atoms with Crippen molar-refractivity contribution in [2.75, 3.05) is 6.61 Å². The van der Waals surface area contributed by atoms with Gasteiger partial charge in [-0.25, -0.2) is 4.79 Å². The summed E-state index contributed by atoms with van der Waals surface area (Å²) < 4.78 is 10.1. The lowest BCUT2D eigenvalue weighted by molar-refractivity contribution is -0.141. The fourth-order valence-electron chi connectivity index (χ4n) is 1.74. The van der Waals surface area contributed by atoms with Crippen LogP contribution in [0.1, 0.15) is 36.5 Å². The average Bonchev–Trinajstić information content (AvgIpc) is 2.27. The SMILES string of the molecule is CCOC(=O)c1cccc(OC(=O)C2CCC2)c1. The van der Waals surface area contributed by atoms with E-state index in [-0.39, 0.29) is 11.9 Å². The van der Waals surface area contributed by atoms with Gasteiger partial charge in [-0.15, -0.1) is 0 Å². The number of benzene rings is 1. The van der Waals surface area contributed by atoms with Gasteiger partial charge in [0, 0.05) is 0 Å². The number of carbonyl (C=O) groups is 2. The zero-order chi connectivity index (χ0) is 13.0. The van der Waals surface area contributed by atoms with Crippen LogP contribution in [0, 0.1) is 5.92 Å². The van der Waals surface area contributed by atoms with Gasteiger partial charge in [0.1, 0.15) is 5.75 Å². The van der Waals surface area contributed by atoms with Crippen molar-refractivity contribution in [3.05, 3.63) is 29.8 Å². The smallest absolute Gasteiger partial charge is 0.338 e. The van der Waals surface area contributed by atoms with Crippen molar-refractivity contribution >= 4 is 11.9 Å². The minimum atomic E-state index is -0.404. The summed E-state index contributed by atoms with van der Waals surface area (Å²) in [6.45, 7) is 2.07. The summed E-state index contributed by atoms with van der Waals surface area (Å²) in [5.41, 5.74) is 0.399. The van der Waals surface area contributed by atoms with E-state index in [2.05, 4.69) is 0 Å². The first-order chi connectivity index (χ1) is 8.70. The molecule has 0 radical (unpaired) electrons. The van der Waals surface area contributed by atoms with Gasteiger partial charge >= 0.3 is 11.9 Å². The molecule has 0 N–H and O–H groups in total. The summed E-state index contributed by atoms with van der Waals surface area (Å²) in [6, 6.07) is 6.52. The Morgan fingerprint density at radius 2 is 2.11 bits per heavy atom. The maximum Gasteiger partial charge on any atom is 0.338 e. The molecule has 1 saturated carbocycles. The van der Waals surface area contributed by atoms with E-state index in [1.54, 1.807) is 25.1 Å². The summed E-state index contributed by atoms with van der Waals surface area (Å²) in [5, 5.41) is 0. The van der Waals surface area contributed by atoms with Crippen molar-refractivity contribution in [1.29, 1.82) is 0 Å². The van der Waals surface area contributed by atoms with Gasteiger partial charge in [0.25, 0.3) is 0 Å². The summed E-state index contributed by atoms with van der Waals surface area (Å²) in [4.78, 5) is 23.2. The predicted molar refractivity (Wildman–Crippen MR) is 65.4 cm³/mol. The van der Waals surface area contributed by atoms with Crippen LogP contribution in [0.4, 0.5) is 0 Å². The second-order valence-corrected chi connectivity index (χ2v) is 4.30. The molecule has 1 fully saturated rings. The molecule has 0 amide bonds. The third-order valence-corrected chi connectivity index (χ3v) is 3.00. The molecule has 0 spiro atoms. The minimum absolute atomic E-state index is 0.0243. The Morgan fingerprint density at radius 1 is 1.33 bits per heavy atom. The zero-order valence-electron chi connectivity index (χ0n) is 10.3. The van der Waals surface area contributed by atoms with Crippen LogP contribution in [0.25, 0.3) is 0 Å². The number of hydrogen-bond acceptors (Lipinski definition) is 4. The van der Waals surface area contributed by atoms with Gasteiger partial charge in [-0.1, -0.05) is 12.5 Å². The van der Waals surface area contributed by atoms with E-state index in [9.17, 15) is 9.59 Å². The van der Waals surface area contributed by atoms with Gasteiger partial charge in [0.15, 0.2) is 0 Å². The van der Waals surface area contributed by atoms with Crippen LogP contribution < -0.4 is 4.74 Å². The third kappa shape index (κ3) is 2.88. The fraction of sp³-hybridized carbons (Fsp3) is 0.429. The van der Waals surface area contributed by atoms with Crippen LogP contribution in [-0.4, -0.2) is 18.5 Å². The fourth-order valence-corrected chi connectivity index (χ4v) is 1.74. The van der Waals surface area contributed by atoms with Gasteiger partial charge in [-0.05, 0) is 38.0 Å². The molecular formula is C14H16O4. The molecule has 0 heterocycles. The molecule has 0 aromatic heterocycles. The van der Waals surface area contributed by atoms with Gasteiger partial charge in [0.2, 0.25) is 0 Å². The first-order valence-electron chi connectivity index (χ1n) is 6.19. The molecule has 1 aliphatic carbocycles. The molecule has 0 aliphatic heterocycles. The highest BCUT2D eigenvalue weighted by Gasteiger charge is 2.27. The molecule has 0 atom stereocenters. The van der Waals surface area contributed by atoms with Gasteiger partial charge in [-0.2, -0.15) is 0 Å². The first-order valence-corrected chi connectivity index (χ1v) is 6.19. The van der Waals surface area contributed by atoms with E-state index in [0.29, 0.717) is 17.9 Å². The Bertz CT molecular complexity index is 449. The van der Waals surface area contributed by atoms with Crippen molar-refractivity contribution in [2.45, 2.75) is 26.2 Å². The topological polar surface area (TPSA) is 52.6 Å². The number of esters is 2. The lowest BCUT2D eigenvalue weighted by Gasteiger charge is -2.22. The number of carbonyl (C=O) groups excluding carboxylic acids is 2. The largest absolute Gasteiger partial charge is 0.462 e. The van der Waals surface area contributed by atoms with Crippen LogP contribution in [0.3, 0.4) is 0 Å². The Balaban J connectivity index is 2.02. The Morgan fingerprint density at radius 3 is 2.72 bits per heavy atom. The standard InChI is InChI=1S/C14H16O4/c1-2-17-13(15)11-7-4-8-12(9-11)18-14(16)10-5-3-6-10/h4,7-10H,2-3,5-6H2,1H3. The summed E-state index contributed by atoms with van der Waals surface area (Å²) in [7, 11) is 0. The second kappa shape index (κ2) is 5.67. The van der Waals surface area contributed by atoms with Crippen LogP contribution in [0.2, 0.25) is 0 Å². The highest BCUT2D eigenvalue weighted by Crippen LogP contribution is 2.28. The predicted octanol–water partition coefficient (Wildman–Crippen LogP) is 2.57. The first kappa shape index (κ1) is 12.6. The van der Waals surface area contributed by atoms with Crippen LogP contribution in [0.15, 0.2) is 24.3 Å². The molecule has 0 unspecified atom stereocenters. The highest BCUT2D eigenvalue weighted by atomic mass is 16.5.